The van der Waals surface area contributed by atoms with E-state index in [1.54, 1.807) is 7.11 Å². The summed E-state index contributed by atoms with van der Waals surface area (Å²) in [5.74, 6) is -0.225. The number of rotatable bonds is 7. The Morgan fingerprint density at radius 1 is 1.45 bits per heavy atom. The van der Waals surface area contributed by atoms with E-state index >= 15 is 0 Å². The Hall–Kier alpha value is -2.00. The Morgan fingerprint density at radius 3 is 3.05 bits per heavy atom. The number of hydrogen-bond donors (Lipinski definition) is 3. The number of carbonyl (C=O) groups excluding carboxylic acids is 2. The van der Waals surface area contributed by atoms with Crippen LogP contribution in [0, 0.1) is 0 Å². The molecule has 3 N–H and O–H groups in total. The molecule has 9 heteroatoms. The van der Waals surface area contributed by atoms with Crippen LogP contribution in [0.2, 0.25) is 0 Å². The number of anilines is 1. The number of amides is 2. The maximum Gasteiger partial charge on any atom is 0.316 e. The molecule has 0 aromatic carbocycles. The second kappa shape index (κ2) is 6.96. The van der Waals surface area contributed by atoms with Crippen LogP contribution in [0.25, 0.3) is 0 Å². The fourth-order valence-electron chi connectivity index (χ4n) is 1.73. The van der Waals surface area contributed by atoms with Crippen molar-refractivity contribution in [3.8, 4) is 0 Å². The van der Waals surface area contributed by atoms with Gasteiger partial charge < -0.3 is 19.8 Å². The molecule has 0 spiro atoms. The summed E-state index contributed by atoms with van der Waals surface area (Å²) in [5.41, 5.74) is 0. The van der Waals surface area contributed by atoms with Crippen LogP contribution in [0.1, 0.15) is 18.7 Å². The van der Waals surface area contributed by atoms with Gasteiger partial charge in [-0.25, -0.2) is 0 Å². The highest BCUT2D eigenvalue weighted by Crippen LogP contribution is 2.12. The largest absolute Gasteiger partial charge is 0.407 e. The summed E-state index contributed by atoms with van der Waals surface area (Å²) >= 11 is 0. The molecule has 1 aromatic rings. The van der Waals surface area contributed by atoms with Crippen LogP contribution < -0.4 is 16.0 Å². The molecular formula is C11H17N5O4. The Balaban J connectivity index is 1.80. The number of ether oxygens (including phenoxy) is 1. The molecule has 2 heterocycles. The summed E-state index contributed by atoms with van der Waals surface area (Å²) in [7, 11) is 1.62. The van der Waals surface area contributed by atoms with Crippen molar-refractivity contribution in [3.05, 3.63) is 5.89 Å². The van der Waals surface area contributed by atoms with E-state index in [1.807, 2.05) is 0 Å². The van der Waals surface area contributed by atoms with Crippen LogP contribution in [0.15, 0.2) is 4.42 Å². The lowest BCUT2D eigenvalue weighted by Gasteiger charge is -2.20. The quantitative estimate of drug-likeness (QED) is 0.432. The van der Waals surface area contributed by atoms with Gasteiger partial charge in [0, 0.05) is 20.1 Å². The van der Waals surface area contributed by atoms with E-state index < -0.39 is 6.04 Å². The number of methoxy groups -OCH3 is 1. The number of hydrogen-bond acceptors (Lipinski definition) is 8. The first-order chi connectivity index (χ1) is 9.69. The number of aromatic nitrogens is 2. The summed E-state index contributed by atoms with van der Waals surface area (Å²) in [6, 6.07) is -0.356. The summed E-state index contributed by atoms with van der Waals surface area (Å²) in [4.78, 5) is 22.6. The molecule has 20 heavy (non-hydrogen) atoms. The SMILES string of the molecule is COCCNCc1nnc(NC2CCC(=O)NC2=O)o1. The van der Waals surface area contributed by atoms with Gasteiger partial charge in [-0.3, -0.25) is 14.9 Å². The molecule has 2 rings (SSSR count). The van der Waals surface area contributed by atoms with Gasteiger partial charge in [0.2, 0.25) is 17.7 Å². The minimum absolute atomic E-state index is 0.169. The molecule has 2 amide bonds. The van der Waals surface area contributed by atoms with Gasteiger partial charge in [0.1, 0.15) is 6.04 Å². The number of carbonyl (C=O) groups is 2. The minimum atomic E-state index is -0.526. The Labute approximate surface area is 115 Å². The highest BCUT2D eigenvalue weighted by molar-refractivity contribution is 6.01. The lowest BCUT2D eigenvalue weighted by atomic mass is 10.1. The highest BCUT2D eigenvalue weighted by Gasteiger charge is 2.27. The monoisotopic (exact) mass is 283 g/mol. The summed E-state index contributed by atoms with van der Waals surface area (Å²) in [6.45, 7) is 1.69. The van der Waals surface area contributed by atoms with Gasteiger partial charge >= 0.3 is 6.01 Å². The van der Waals surface area contributed by atoms with Gasteiger partial charge in [-0.15, -0.1) is 5.10 Å². The Morgan fingerprint density at radius 2 is 2.30 bits per heavy atom. The van der Waals surface area contributed by atoms with Gasteiger partial charge in [-0.2, -0.15) is 0 Å². The topological polar surface area (TPSA) is 118 Å². The normalized spacial score (nSPS) is 18.9. The first-order valence-corrected chi connectivity index (χ1v) is 6.31. The smallest absolute Gasteiger partial charge is 0.316 e. The van der Waals surface area contributed by atoms with Crippen LogP contribution in [0.5, 0.6) is 0 Å². The van der Waals surface area contributed by atoms with Crippen LogP contribution in [-0.4, -0.2) is 48.3 Å². The lowest BCUT2D eigenvalue weighted by Crippen LogP contribution is -2.47. The maximum absolute atomic E-state index is 11.5. The van der Waals surface area contributed by atoms with Crippen LogP contribution in [0.3, 0.4) is 0 Å². The third-order valence-corrected chi connectivity index (χ3v) is 2.76. The first-order valence-electron chi connectivity index (χ1n) is 6.31. The van der Waals surface area contributed by atoms with Crippen molar-refractivity contribution in [2.24, 2.45) is 0 Å². The van der Waals surface area contributed by atoms with E-state index in [4.69, 9.17) is 9.15 Å². The van der Waals surface area contributed by atoms with Crippen molar-refractivity contribution in [2.75, 3.05) is 25.6 Å². The third kappa shape index (κ3) is 4.00. The molecule has 0 saturated carbocycles. The predicted octanol–water partition coefficient (Wildman–Crippen LogP) is -0.977. The van der Waals surface area contributed by atoms with Crippen molar-refractivity contribution in [2.45, 2.75) is 25.4 Å². The molecule has 1 aliphatic heterocycles. The van der Waals surface area contributed by atoms with Gasteiger partial charge in [-0.1, -0.05) is 5.10 Å². The zero-order valence-corrected chi connectivity index (χ0v) is 11.1. The lowest BCUT2D eigenvalue weighted by molar-refractivity contribution is -0.133. The number of nitrogens with zero attached hydrogens (tertiary/aromatic N) is 2. The molecule has 1 saturated heterocycles. The molecule has 0 bridgehead atoms. The van der Waals surface area contributed by atoms with Crippen molar-refractivity contribution in [1.82, 2.24) is 20.8 Å². The summed E-state index contributed by atoms with van der Waals surface area (Å²) in [5, 5.41) is 15.8. The summed E-state index contributed by atoms with van der Waals surface area (Å²) in [6.07, 6.45) is 0.706. The number of imide groups is 1. The third-order valence-electron chi connectivity index (χ3n) is 2.76. The van der Waals surface area contributed by atoms with Gasteiger partial charge in [0.05, 0.1) is 13.2 Å². The van der Waals surface area contributed by atoms with E-state index in [0.29, 0.717) is 38.4 Å². The molecule has 0 aliphatic carbocycles. The van der Waals surface area contributed by atoms with E-state index in [2.05, 4.69) is 26.1 Å². The second-order valence-electron chi connectivity index (χ2n) is 4.32. The predicted molar refractivity (Wildman–Crippen MR) is 67.7 cm³/mol. The first kappa shape index (κ1) is 14.4. The van der Waals surface area contributed by atoms with Crippen molar-refractivity contribution in [3.63, 3.8) is 0 Å². The zero-order valence-electron chi connectivity index (χ0n) is 11.1. The molecule has 1 fully saturated rings. The van der Waals surface area contributed by atoms with E-state index in [1.165, 1.54) is 0 Å². The Bertz CT molecular complexity index is 475. The van der Waals surface area contributed by atoms with Gasteiger partial charge in [-0.05, 0) is 6.42 Å². The summed E-state index contributed by atoms with van der Waals surface area (Å²) < 4.78 is 10.2. The second-order valence-corrected chi connectivity index (χ2v) is 4.32. The van der Waals surface area contributed by atoms with E-state index in [0.717, 1.165) is 0 Å². The molecule has 110 valence electrons. The molecule has 1 atom stereocenters. The van der Waals surface area contributed by atoms with E-state index in [9.17, 15) is 9.59 Å². The molecule has 9 nitrogen and oxygen atoms in total. The zero-order chi connectivity index (χ0) is 14.4. The number of nitrogens with one attached hydrogen (secondary N) is 3. The van der Waals surface area contributed by atoms with Gasteiger partial charge in [0.15, 0.2) is 0 Å². The van der Waals surface area contributed by atoms with E-state index in [-0.39, 0.29) is 17.8 Å². The average Bonchev–Trinajstić information content (AvgIpc) is 2.86. The fourth-order valence-corrected chi connectivity index (χ4v) is 1.73. The molecule has 1 aliphatic rings. The standard InChI is InChI=1S/C11H17N5O4/c1-19-5-4-12-6-9-15-16-11(20-9)13-7-2-3-8(17)14-10(7)18/h7,12H,2-6H2,1H3,(H,13,16)(H,14,17,18). The van der Waals surface area contributed by atoms with Crippen molar-refractivity contribution < 1.29 is 18.7 Å². The Kier molecular flexibility index (Phi) is 5.02. The average molecular weight is 283 g/mol. The van der Waals surface area contributed by atoms with Crippen LogP contribution in [-0.2, 0) is 20.9 Å². The van der Waals surface area contributed by atoms with Crippen LogP contribution >= 0.6 is 0 Å². The molecule has 1 unspecified atom stereocenters. The molecule has 1 aromatic heterocycles. The van der Waals surface area contributed by atoms with Crippen molar-refractivity contribution >= 4 is 17.8 Å². The minimum Gasteiger partial charge on any atom is -0.407 e. The highest BCUT2D eigenvalue weighted by atomic mass is 16.5. The number of piperidine rings is 1. The van der Waals surface area contributed by atoms with Gasteiger partial charge in [0.25, 0.3) is 0 Å². The molecular weight excluding hydrogens is 266 g/mol. The molecule has 0 radical (unpaired) electrons. The fraction of sp³-hybridized carbons (Fsp3) is 0.636. The maximum atomic E-state index is 11.5. The van der Waals surface area contributed by atoms with Crippen molar-refractivity contribution in [1.29, 1.82) is 0 Å². The van der Waals surface area contributed by atoms with Crippen LogP contribution in [0.4, 0.5) is 6.01 Å².